The van der Waals surface area contributed by atoms with Crippen LogP contribution in [0.1, 0.15) is 50.8 Å². The number of benzene rings is 3. The van der Waals surface area contributed by atoms with E-state index in [2.05, 4.69) is 6.92 Å². The molecule has 0 spiro atoms. The minimum absolute atomic E-state index is 0.0568. The van der Waals surface area contributed by atoms with Crippen molar-refractivity contribution >= 4 is 55.7 Å². The number of aromatic nitrogens is 1. The Labute approximate surface area is 253 Å². The third-order valence-electron chi connectivity index (χ3n) is 6.77. The van der Waals surface area contributed by atoms with Crippen molar-refractivity contribution in [2.75, 3.05) is 24.7 Å². The van der Waals surface area contributed by atoms with Crippen molar-refractivity contribution in [3.05, 3.63) is 82.4 Å². The van der Waals surface area contributed by atoms with Gasteiger partial charge in [0.1, 0.15) is 11.5 Å². The maximum atomic E-state index is 13.7. The van der Waals surface area contributed by atoms with E-state index in [1.807, 2.05) is 32.0 Å². The van der Waals surface area contributed by atoms with Crippen LogP contribution in [-0.2, 0) is 9.59 Å². The second kappa shape index (κ2) is 12.8. The summed E-state index contributed by atoms with van der Waals surface area (Å²) in [6.07, 6.45) is 1.87. The molecule has 0 saturated carbocycles. The highest BCUT2D eigenvalue weighted by Crippen LogP contribution is 2.46. The first-order valence-electron chi connectivity index (χ1n) is 13.9. The zero-order valence-electron chi connectivity index (χ0n) is 23.6. The van der Waals surface area contributed by atoms with Crippen molar-refractivity contribution in [1.29, 1.82) is 0 Å². The molecule has 1 aliphatic heterocycles. The molecule has 0 bridgehead atoms. The minimum Gasteiger partial charge on any atom is -0.507 e. The Morgan fingerprint density at radius 3 is 2.43 bits per heavy atom. The van der Waals surface area contributed by atoms with Crippen molar-refractivity contribution in [2.24, 2.45) is 0 Å². The maximum absolute atomic E-state index is 13.7. The number of unbranched alkanes of at least 4 members (excludes halogenated alkanes) is 1. The molecule has 1 unspecified atom stereocenters. The number of aliphatic hydroxyl groups excluding tert-OH is 1. The Kier molecular flexibility index (Phi) is 8.99. The number of ketones is 1. The number of thiazole rings is 1. The van der Waals surface area contributed by atoms with E-state index in [1.165, 1.54) is 16.2 Å². The Morgan fingerprint density at radius 1 is 0.952 bits per heavy atom. The summed E-state index contributed by atoms with van der Waals surface area (Å²) >= 11 is 7.33. The number of ether oxygens (including phenoxy) is 3. The van der Waals surface area contributed by atoms with E-state index >= 15 is 0 Å². The van der Waals surface area contributed by atoms with Crippen LogP contribution in [-0.4, -0.2) is 41.6 Å². The first kappa shape index (κ1) is 29.4. The fraction of sp³-hybridized carbons (Fsp3) is 0.281. The number of Topliss-reactive ketones (excluding diaryl/α,β-unsaturated/α-hetero) is 1. The van der Waals surface area contributed by atoms with E-state index in [4.69, 9.17) is 30.8 Å². The molecule has 4 aromatic rings. The topological polar surface area (TPSA) is 98.2 Å². The fourth-order valence-corrected chi connectivity index (χ4v) is 5.92. The minimum atomic E-state index is -0.975. The van der Waals surface area contributed by atoms with Crippen LogP contribution in [0.4, 0.5) is 5.13 Å². The zero-order chi connectivity index (χ0) is 29.8. The molecule has 218 valence electrons. The lowest BCUT2D eigenvalue weighted by Crippen LogP contribution is -2.29. The van der Waals surface area contributed by atoms with Gasteiger partial charge in [-0.05, 0) is 80.4 Å². The van der Waals surface area contributed by atoms with Gasteiger partial charge in [-0.1, -0.05) is 42.3 Å². The first-order chi connectivity index (χ1) is 20.4. The van der Waals surface area contributed by atoms with Gasteiger partial charge in [-0.2, -0.15) is 0 Å². The van der Waals surface area contributed by atoms with Gasteiger partial charge in [0.15, 0.2) is 16.6 Å². The zero-order valence-corrected chi connectivity index (χ0v) is 25.1. The second-order valence-corrected chi connectivity index (χ2v) is 11.0. The van der Waals surface area contributed by atoms with E-state index in [9.17, 15) is 14.7 Å². The van der Waals surface area contributed by atoms with Crippen LogP contribution in [0.3, 0.4) is 0 Å². The van der Waals surface area contributed by atoms with Gasteiger partial charge in [0, 0.05) is 10.6 Å². The monoisotopic (exact) mass is 606 g/mol. The highest BCUT2D eigenvalue weighted by molar-refractivity contribution is 7.22. The van der Waals surface area contributed by atoms with Crippen molar-refractivity contribution < 1.29 is 28.9 Å². The van der Waals surface area contributed by atoms with Gasteiger partial charge in [-0.15, -0.1) is 0 Å². The fourth-order valence-electron chi connectivity index (χ4n) is 4.77. The SMILES string of the molecule is CCCCOc1ccc(C2/C(=C(\O)c3ccc(Cl)cc3)C(=O)C(=O)N2c2nc3ccc(OCC)cc3s2)cc1OCC. The average molecular weight is 607 g/mol. The van der Waals surface area contributed by atoms with Crippen LogP contribution in [0, 0.1) is 0 Å². The van der Waals surface area contributed by atoms with Crippen LogP contribution in [0.2, 0.25) is 5.02 Å². The standard InChI is InChI=1S/C32H31ClN2O6S/c1-4-7-16-41-24-15-10-20(17-25(24)40-6-3)28-27(29(36)19-8-11-21(33)12-9-19)30(37)31(38)35(28)32-34-23-14-13-22(39-5-2)18-26(23)42-32/h8-15,17-18,28,36H,4-7,16H2,1-3H3/b29-27+. The van der Waals surface area contributed by atoms with Crippen molar-refractivity contribution in [3.8, 4) is 17.2 Å². The van der Waals surface area contributed by atoms with Gasteiger partial charge in [0.25, 0.3) is 5.78 Å². The van der Waals surface area contributed by atoms with E-state index in [1.54, 1.807) is 42.5 Å². The molecular formula is C32H31ClN2O6S. The third kappa shape index (κ3) is 5.80. The summed E-state index contributed by atoms with van der Waals surface area (Å²) in [5, 5.41) is 12.2. The van der Waals surface area contributed by atoms with Crippen LogP contribution < -0.4 is 19.1 Å². The Balaban J connectivity index is 1.67. The summed E-state index contributed by atoms with van der Waals surface area (Å²) in [6.45, 7) is 7.28. The van der Waals surface area contributed by atoms with E-state index < -0.39 is 17.7 Å². The molecule has 1 saturated heterocycles. The largest absolute Gasteiger partial charge is 0.507 e. The molecule has 10 heteroatoms. The summed E-state index contributed by atoms with van der Waals surface area (Å²) in [5.74, 6) is -0.190. The highest BCUT2D eigenvalue weighted by Gasteiger charge is 2.48. The molecule has 3 aromatic carbocycles. The Morgan fingerprint density at radius 2 is 1.71 bits per heavy atom. The second-order valence-electron chi connectivity index (χ2n) is 9.58. The summed E-state index contributed by atoms with van der Waals surface area (Å²) in [4.78, 5) is 33.4. The van der Waals surface area contributed by atoms with Gasteiger partial charge in [0.05, 0.1) is 41.7 Å². The number of aliphatic hydroxyl groups is 1. The lowest BCUT2D eigenvalue weighted by molar-refractivity contribution is -0.132. The number of rotatable bonds is 11. The Bertz CT molecular complexity index is 1650. The number of carbonyl (C=O) groups excluding carboxylic acids is 2. The molecule has 0 radical (unpaired) electrons. The quantitative estimate of drug-likeness (QED) is 0.0814. The van der Waals surface area contributed by atoms with Crippen molar-refractivity contribution in [3.63, 3.8) is 0 Å². The van der Waals surface area contributed by atoms with E-state index in [0.29, 0.717) is 63.9 Å². The van der Waals surface area contributed by atoms with Crippen molar-refractivity contribution in [2.45, 2.75) is 39.7 Å². The first-order valence-corrected chi connectivity index (χ1v) is 15.1. The molecule has 42 heavy (non-hydrogen) atoms. The number of nitrogens with zero attached hydrogens (tertiary/aromatic N) is 2. The van der Waals surface area contributed by atoms with Crippen LogP contribution in [0.25, 0.3) is 16.0 Å². The summed E-state index contributed by atoms with van der Waals surface area (Å²) < 4.78 is 18.3. The molecule has 1 aliphatic rings. The number of carbonyl (C=O) groups is 2. The smallest absolute Gasteiger partial charge is 0.301 e. The molecule has 2 heterocycles. The number of amides is 1. The molecule has 0 aliphatic carbocycles. The third-order valence-corrected chi connectivity index (χ3v) is 8.04. The summed E-state index contributed by atoms with van der Waals surface area (Å²) in [7, 11) is 0. The van der Waals surface area contributed by atoms with Gasteiger partial charge in [0.2, 0.25) is 0 Å². The molecule has 1 aromatic heterocycles. The normalized spacial score (nSPS) is 16.3. The van der Waals surface area contributed by atoms with Gasteiger partial charge in [-0.25, -0.2) is 4.98 Å². The van der Waals surface area contributed by atoms with Gasteiger partial charge in [-0.3, -0.25) is 14.5 Å². The van der Waals surface area contributed by atoms with Crippen LogP contribution in [0.15, 0.2) is 66.2 Å². The van der Waals surface area contributed by atoms with Gasteiger partial charge < -0.3 is 19.3 Å². The van der Waals surface area contributed by atoms with E-state index in [0.717, 1.165) is 17.5 Å². The molecular weight excluding hydrogens is 576 g/mol. The maximum Gasteiger partial charge on any atom is 0.301 e. The molecule has 5 rings (SSSR count). The number of anilines is 1. The molecule has 1 amide bonds. The summed E-state index contributed by atoms with van der Waals surface area (Å²) in [5.41, 5.74) is 1.52. The predicted molar refractivity (Wildman–Crippen MR) is 165 cm³/mol. The molecule has 1 atom stereocenters. The predicted octanol–water partition coefficient (Wildman–Crippen LogP) is 7.55. The lowest BCUT2D eigenvalue weighted by atomic mass is 9.95. The number of fused-ring (bicyclic) bond motifs is 1. The van der Waals surface area contributed by atoms with Crippen LogP contribution >= 0.6 is 22.9 Å². The molecule has 1 N–H and O–H groups in total. The van der Waals surface area contributed by atoms with Gasteiger partial charge >= 0.3 is 5.91 Å². The number of hydrogen-bond donors (Lipinski definition) is 1. The highest BCUT2D eigenvalue weighted by atomic mass is 35.5. The number of hydrogen-bond acceptors (Lipinski definition) is 8. The average Bonchev–Trinajstić information content (AvgIpc) is 3.51. The van der Waals surface area contributed by atoms with E-state index in [-0.39, 0.29) is 11.3 Å². The van der Waals surface area contributed by atoms with Crippen LogP contribution in [0.5, 0.6) is 17.2 Å². The number of halogens is 1. The Hall–Kier alpha value is -4.08. The summed E-state index contributed by atoms with van der Waals surface area (Å²) in [6, 6.07) is 16.2. The lowest BCUT2D eigenvalue weighted by Gasteiger charge is -2.24. The van der Waals surface area contributed by atoms with Crippen molar-refractivity contribution in [1.82, 2.24) is 4.98 Å². The molecule has 1 fully saturated rings. The molecule has 8 nitrogen and oxygen atoms in total.